The van der Waals surface area contributed by atoms with Gasteiger partial charge in [0.1, 0.15) is 5.82 Å². The van der Waals surface area contributed by atoms with E-state index in [2.05, 4.69) is 10.3 Å². The van der Waals surface area contributed by atoms with Crippen LogP contribution in [-0.4, -0.2) is 42.0 Å². The van der Waals surface area contributed by atoms with Gasteiger partial charge in [0.05, 0.1) is 36.0 Å². The zero-order chi connectivity index (χ0) is 24.4. The van der Waals surface area contributed by atoms with E-state index in [1.54, 1.807) is 48.5 Å². The molecule has 2 atom stereocenters. The minimum atomic E-state index is -0.724. The molecule has 1 N–H and O–H groups in total. The van der Waals surface area contributed by atoms with Gasteiger partial charge in [-0.25, -0.2) is 4.39 Å². The predicted molar refractivity (Wildman–Crippen MR) is 132 cm³/mol. The number of amides is 2. The summed E-state index contributed by atoms with van der Waals surface area (Å²) in [4.78, 5) is 33.4. The van der Waals surface area contributed by atoms with Crippen LogP contribution in [-0.2, 0) is 9.53 Å². The van der Waals surface area contributed by atoms with E-state index >= 15 is 0 Å². The zero-order valence-corrected chi connectivity index (χ0v) is 19.1. The number of halogens is 1. The van der Waals surface area contributed by atoms with E-state index in [9.17, 15) is 14.0 Å². The lowest BCUT2D eigenvalue weighted by Crippen LogP contribution is -2.47. The Morgan fingerprint density at radius 2 is 1.80 bits per heavy atom. The van der Waals surface area contributed by atoms with Crippen molar-refractivity contribution >= 4 is 28.4 Å². The molecule has 3 aromatic carbocycles. The standard InChI is InChI=1S/C28H24FN3O3/c1-35-15-14-32-26(18-10-12-20(29)13-11-18)25(22-7-3-4-8-23(22)28(32)34)27(33)31-21-16-19-6-2-5-9-24(19)30-17-21/h2-13,16-17,25-26H,14-15H2,1H3,(H,31,33). The van der Waals surface area contributed by atoms with E-state index in [-0.39, 0.29) is 24.2 Å². The van der Waals surface area contributed by atoms with Crippen molar-refractivity contribution in [3.8, 4) is 0 Å². The van der Waals surface area contributed by atoms with Gasteiger partial charge in [-0.1, -0.05) is 48.5 Å². The summed E-state index contributed by atoms with van der Waals surface area (Å²) in [6.45, 7) is 0.585. The first-order valence-corrected chi connectivity index (χ1v) is 11.4. The van der Waals surface area contributed by atoms with Crippen LogP contribution in [0.5, 0.6) is 0 Å². The van der Waals surface area contributed by atoms with E-state index in [1.165, 1.54) is 12.1 Å². The van der Waals surface area contributed by atoms with Crippen LogP contribution in [0.1, 0.15) is 33.4 Å². The molecule has 0 saturated carbocycles. The minimum Gasteiger partial charge on any atom is -0.383 e. The Bertz CT molecular complexity index is 1390. The highest BCUT2D eigenvalue weighted by atomic mass is 19.1. The van der Waals surface area contributed by atoms with Gasteiger partial charge in [0.2, 0.25) is 5.91 Å². The number of benzene rings is 3. The maximum absolute atomic E-state index is 13.9. The van der Waals surface area contributed by atoms with Gasteiger partial charge in [-0.15, -0.1) is 0 Å². The first-order chi connectivity index (χ1) is 17.1. The highest BCUT2D eigenvalue weighted by molar-refractivity contribution is 6.04. The van der Waals surface area contributed by atoms with Crippen LogP contribution in [0.2, 0.25) is 0 Å². The molecule has 0 spiro atoms. The average Bonchev–Trinajstić information content (AvgIpc) is 2.88. The lowest BCUT2D eigenvalue weighted by molar-refractivity contribution is -0.119. The number of para-hydroxylation sites is 1. The molecule has 6 nitrogen and oxygen atoms in total. The van der Waals surface area contributed by atoms with Crippen molar-refractivity contribution in [3.63, 3.8) is 0 Å². The van der Waals surface area contributed by atoms with Gasteiger partial charge in [-0.05, 0) is 41.5 Å². The van der Waals surface area contributed by atoms with Crippen LogP contribution in [0.25, 0.3) is 10.9 Å². The van der Waals surface area contributed by atoms with Gasteiger partial charge in [0.25, 0.3) is 5.91 Å². The predicted octanol–water partition coefficient (Wildman–Crippen LogP) is 4.94. The number of hydrogen-bond acceptors (Lipinski definition) is 4. The van der Waals surface area contributed by atoms with Crippen molar-refractivity contribution in [3.05, 3.63) is 108 Å². The van der Waals surface area contributed by atoms with Crippen LogP contribution >= 0.6 is 0 Å². The second kappa shape index (κ2) is 9.64. The summed E-state index contributed by atoms with van der Waals surface area (Å²) in [6, 6.07) is 22.0. The Labute approximate surface area is 202 Å². The summed E-state index contributed by atoms with van der Waals surface area (Å²) < 4.78 is 19.0. The molecule has 0 aliphatic carbocycles. The molecule has 1 aliphatic heterocycles. The van der Waals surface area contributed by atoms with Gasteiger partial charge in [0, 0.05) is 24.6 Å². The number of hydrogen-bond donors (Lipinski definition) is 1. The smallest absolute Gasteiger partial charge is 0.254 e. The van der Waals surface area contributed by atoms with Crippen LogP contribution in [0.15, 0.2) is 85.1 Å². The monoisotopic (exact) mass is 469 g/mol. The fourth-order valence-corrected chi connectivity index (χ4v) is 4.70. The number of nitrogens with one attached hydrogen (secondary N) is 1. The fraction of sp³-hybridized carbons (Fsp3) is 0.179. The van der Waals surface area contributed by atoms with Crippen molar-refractivity contribution < 1.29 is 18.7 Å². The van der Waals surface area contributed by atoms with Gasteiger partial charge in [0.15, 0.2) is 0 Å². The molecule has 35 heavy (non-hydrogen) atoms. The largest absolute Gasteiger partial charge is 0.383 e. The van der Waals surface area contributed by atoms with Gasteiger partial charge in [-0.2, -0.15) is 0 Å². The molecule has 2 amide bonds. The number of aromatic nitrogens is 1. The number of pyridine rings is 1. The maximum atomic E-state index is 13.9. The van der Waals surface area contributed by atoms with Crippen molar-refractivity contribution in [2.45, 2.75) is 12.0 Å². The van der Waals surface area contributed by atoms with E-state index in [4.69, 9.17) is 4.74 Å². The number of carbonyl (C=O) groups excluding carboxylic acids is 2. The Balaban J connectivity index is 1.59. The van der Waals surface area contributed by atoms with Gasteiger partial charge >= 0.3 is 0 Å². The third-order valence-corrected chi connectivity index (χ3v) is 6.33. The quantitative estimate of drug-likeness (QED) is 0.434. The van der Waals surface area contributed by atoms with Crippen LogP contribution in [0, 0.1) is 5.82 Å². The molecule has 176 valence electrons. The Morgan fingerprint density at radius 3 is 2.60 bits per heavy atom. The van der Waals surface area contributed by atoms with Crippen LogP contribution in [0.4, 0.5) is 10.1 Å². The molecule has 1 aromatic heterocycles. The molecule has 0 fully saturated rings. The van der Waals surface area contributed by atoms with Crippen LogP contribution < -0.4 is 5.32 Å². The summed E-state index contributed by atoms with van der Waals surface area (Å²) in [6.07, 6.45) is 1.62. The van der Waals surface area contributed by atoms with E-state index in [0.717, 1.165) is 10.9 Å². The van der Waals surface area contributed by atoms with E-state index < -0.39 is 12.0 Å². The lowest BCUT2D eigenvalue weighted by atomic mass is 9.79. The summed E-state index contributed by atoms with van der Waals surface area (Å²) in [5.41, 5.74) is 3.16. The minimum absolute atomic E-state index is 0.191. The number of carbonyl (C=O) groups is 2. The summed E-state index contributed by atoms with van der Waals surface area (Å²) >= 11 is 0. The molecule has 7 heteroatoms. The SMILES string of the molecule is COCCN1C(=O)c2ccccc2C(C(=O)Nc2cnc3ccccc3c2)C1c1ccc(F)cc1. The van der Waals surface area contributed by atoms with Gasteiger partial charge < -0.3 is 15.0 Å². The average molecular weight is 470 g/mol. The topological polar surface area (TPSA) is 71.5 Å². The normalized spacial score (nSPS) is 17.3. The third kappa shape index (κ3) is 4.38. The Morgan fingerprint density at radius 1 is 1.06 bits per heavy atom. The zero-order valence-electron chi connectivity index (χ0n) is 19.1. The number of fused-ring (bicyclic) bond motifs is 2. The Hall–Kier alpha value is -4.10. The molecule has 0 radical (unpaired) electrons. The number of nitrogens with zero attached hydrogens (tertiary/aromatic N) is 2. The van der Waals surface area contributed by atoms with Crippen LogP contribution in [0.3, 0.4) is 0 Å². The number of anilines is 1. The second-order valence-corrected chi connectivity index (χ2v) is 8.46. The van der Waals surface area contributed by atoms with E-state index in [1.807, 2.05) is 36.4 Å². The van der Waals surface area contributed by atoms with Crippen molar-refractivity contribution in [2.75, 3.05) is 25.6 Å². The number of methoxy groups -OCH3 is 1. The van der Waals surface area contributed by atoms with Crippen molar-refractivity contribution in [1.29, 1.82) is 0 Å². The number of rotatable bonds is 6. The first kappa shape index (κ1) is 22.7. The summed E-state index contributed by atoms with van der Waals surface area (Å²) in [5, 5.41) is 3.91. The van der Waals surface area contributed by atoms with Crippen molar-refractivity contribution in [1.82, 2.24) is 9.88 Å². The molecule has 0 bridgehead atoms. The van der Waals surface area contributed by atoms with Crippen molar-refractivity contribution in [2.24, 2.45) is 0 Å². The summed E-state index contributed by atoms with van der Waals surface area (Å²) in [5.74, 6) is -1.58. The first-order valence-electron chi connectivity index (χ1n) is 11.4. The molecule has 4 aromatic rings. The van der Waals surface area contributed by atoms with Gasteiger partial charge in [-0.3, -0.25) is 14.6 Å². The molecular weight excluding hydrogens is 445 g/mol. The lowest BCUT2D eigenvalue weighted by Gasteiger charge is -2.41. The molecular formula is C28H24FN3O3. The highest BCUT2D eigenvalue weighted by Crippen LogP contribution is 2.43. The maximum Gasteiger partial charge on any atom is 0.254 e. The fourth-order valence-electron chi connectivity index (χ4n) is 4.70. The third-order valence-electron chi connectivity index (χ3n) is 6.33. The molecule has 0 saturated heterocycles. The molecule has 2 heterocycles. The molecule has 2 unspecified atom stereocenters. The highest BCUT2D eigenvalue weighted by Gasteiger charge is 2.44. The second-order valence-electron chi connectivity index (χ2n) is 8.46. The molecule has 1 aliphatic rings. The number of ether oxygens (including phenoxy) is 1. The van der Waals surface area contributed by atoms with E-state index in [0.29, 0.717) is 29.0 Å². The Kier molecular flexibility index (Phi) is 6.25. The molecule has 5 rings (SSSR count). The summed E-state index contributed by atoms with van der Waals surface area (Å²) in [7, 11) is 1.56.